The Labute approximate surface area is 134 Å². The van der Waals surface area contributed by atoms with Crippen LogP contribution in [0.25, 0.3) is 21.0 Å². The minimum Gasteiger partial charge on any atom is -0.229 e. The van der Waals surface area contributed by atoms with Gasteiger partial charge in [0, 0.05) is 10.8 Å². The molecule has 0 spiro atoms. The zero-order valence-corrected chi connectivity index (χ0v) is 13.0. The van der Waals surface area contributed by atoms with E-state index in [2.05, 4.69) is 21.2 Å². The highest BCUT2D eigenvalue weighted by atomic mass is 35.5. The number of fused-ring (bicyclic) bond motifs is 2. The third-order valence-electron chi connectivity index (χ3n) is 3.07. The number of halogens is 1. The minimum absolute atomic E-state index is 0.430. The second-order valence-electron chi connectivity index (χ2n) is 4.39. The summed E-state index contributed by atoms with van der Waals surface area (Å²) in [6.07, 6.45) is 0. The largest absolute Gasteiger partial charge is 0.229 e. The number of nitrogens with zero attached hydrogens (tertiary/aromatic N) is 3. The maximum Gasteiger partial charge on any atom is 0.159 e. The zero-order valence-electron chi connectivity index (χ0n) is 10.7. The summed E-state index contributed by atoms with van der Waals surface area (Å²) in [5.41, 5.74) is 1.01. The van der Waals surface area contributed by atoms with Gasteiger partial charge >= 0.3 is 0 Å². The highest BCUT2D eigenvalue weighted by Gasteiger charge is 2.11. The van der Waals surface area contributed by atoms with Gasteiger partial charge in [0.15, 0.2) is 9.49 Å². The quantitative estimate of drug-likeness (QED) is 0.516. The first-order chi connectivity index (χ1) is 10.3. The normalized spacial score (nSPS) is 11.3. The summed E-state index contributed by atoms with van der Waals surface area (Å²) >= 11 is 9.28. The second kappa shape index (κ2) is 5.26. The molecule has 4 aromatic rings. The van der Waals surface area contributed by atoms with Gasteiger partial charge in [-0.1, -0.05) is 48.0 Å². The van der Waals surface area contributed by atoms with Crippen LogP contribution in [0.4, 0.5) is 0 Å². The fourth-order valence-corrected chi connectivity index (χ4v) is 4.35. The molecular weight excluding hydrogens is 322 g/mol. The molecule has 0 unspecified atom stereocenters. The second-order valence-corrected chi connectivity index (χ2v) is 7.02. The molecule has 2 aromatic heterocycles. The van der Waals surface area contributed by atoms with E-state index in [1.165, 1.54) is 16.5 Å². The van der Waals surface area contributed by atoms with Crippen molar-refractivity contribution in [3.8, 4) is 0 Å². The van der Waals surface area contributed by atoms with Crippen LogP contribution in [0.2, 0.25) is 5.15 Å². The van der Waals surface area contributed by atoms with Crippen LogP contribution >= 0.6 is 34.7 Å². The van der Waals surface area contributed by atoms with Crippen LogP contribution in [0.1, 0.15) is 0 Å². The van der Waals surface area contributed by atoms with Gasteiger partial charge in [-0.2, -0.15) is 0 Å². The van der Waals surface area contributed by atoms with Crippen molar-refractivity contribution in [2.45, 2.75) is 9.37 Å². The van der Waals surface area contributed by atoms with E-state index >= 15 is 0 Å². The van der Waals surface area contributed by atoms with Crippen LogP contribution < -0.4 is 0 Å². The van der Waals surface area contributed by atoms with Gasteiger partial charge in [-0.15, -0.1) is 21.5 Å². The van der Waals surface area contributed by atoms with E-state index in [-0.39, 0.29) is 0 Å². The molecule has 0 aliphatic rings. The van der Waals surface area contributed by atoms with Crippen molar-refractivity contribution < 1.29 is 0 Å². The molecule has 4 rings (SSSR count). The van der Waals surface area contributed by atoms with Gasteiger partial charge in [0.05, 0.1) is 10.2 Å². The molecule has 3 nitrogen and oxygen atoms in total. The topological polar surface area (TPSA) is 38.7 Å². The van der Waals surface area contributed by atoms with E-state index in [9.17, 15) is 0 Å². The third-order valence-corrected chi connectivity index (χ3v) is 5.44. The number of rotatable bonds is 2. The Bertz CT molecular complexity index is 919. The predicted octanol–water partition coefficient (Wildman–Crippen LogP) is 5.04. The standard InChI is InChI=1S/C15H8ClN3S2/c16-13-9-5-1-2-6-10(9)14(19-18-13)21-15-17-11-7-3-4-8-12(11)20-15/h1-8H. The van der Waals surface area contributed by atoms with Crippen molar-refractivity contribution in [1.82, 2.24) is 15.2 Å². The molecule has 2 aromatic carbocycles. The van der Waals surface area contributed by atoms with Gasteiger partial charge in [0.1, 0.15) is 5.03 Å². The van der Waals surface area contributed by atoms with Crippen LogP contribution in [0.3, 0.4) is 0 Å². The molecule has 0 radical (unpaired) electrons. The van der Waals surface area contributed by atoms with E-state index in [0.717, 1.165) is 25.7 Å². The predicted molar refractivity (Wildman–Crippen MR) is 88.3 cm³/mol. The molecule has 6 heteroatoms. The van der Waals surface area contributed by atoms with Crippen LogP contribution in [0, 0.1) is 0 Å². The first-order valence-electron chi connectivity index (χ1n) is 6.25. The zero-order chi connectivity index (χ0) is 14.2. The average molecular weight is 330 g/mol. The number of para-hydroxylation sites is 1. The monoisotopic (exact) mass is 329 g/mol. The van der Waals surface area contributed by atoms with Crippen molar-refractivity contribution in [2.24, 2.45) is 0 Å². The summed E-state index contributed by atoms with van der Waals surface area (Å²) in [6, 6.07) is 16.0. The average Bonchev–Trinajstić information content (AvgIpc) is 2.93. The fourth-order valence-electron chi connectivity index (χ4n) is 2.10. The summed E-state index contributed by atoms with van der Waals surface area (Å²) in [7, 11) is 0. The van der Waals surface area contributed by atoms with E-state index in [1.54, 1.807) is 11.3 Å². The number of aromatic nitrogens is 3. The lowest BCUT2D eigenvalue weighted by Crippen LogP contribution is -1.89. The first-order valence-corrected chi connectivity index (χ1v) is 8.27. The summed E-state index contributed by atoms with van der Waals surface area (Å²) < 4.78 is 2.13. The maximum atomic E-state index is 6.10. The van der Waals surface area contributed by atoms with Crippen molar-refractivity contribution in [1.29, 1.82) is 0 Å². The van der Waals surface area contributed by atoms with E-state index < -0.39 is 0 Å². The molecule has 2 heterocycles. The Kier molecular flexibility index (Phi) is 3.25. The Morgan fingerprint density at radius 3 is 2.52 bits per heavy atom. The van der Waals surface area contributed by atoms with Crippen LogP contribution in [-0.2, 0) is 0 Å². The lowest BCUT2D eigenvalue weighted by Gasteiger charge is -2.03. The highest BCUT2D eigenvalue weighted by molar-refractivity contribution is 8.01. The summed E-state index contributed by atoms with van der Waals surface area (Å²) in [6.45, 7) is 0. The number of thiazole rings is 1. The molecule has 102 valence electrons. The number of benzene rings is 2. The van der Waals surface area contributed by atoms with Crippen LogP contribution in [0.5, 0.6) is 0 Å². The van der Waals surface area contributed by atoms with Gasteiger partial charge < -0.3 is 0 Å². The molecule has 0 amide bonds. The molecule has 0 saturated carbocycles. The van der Waals surface area contributed by atoms with Crippen molar-refractivity contribution in [2.75, 3.05) is 0 Å². The molecule has 0 atom stereocenters. The fraction of sp³-hybridized carbons (Fsp3) is 0. The summed E-state index contributed by atoms with van der Waals surface area (Å²) in [4.78, 5) is 4.62. The summed E-state index contributed by atoms with van der Waals surface area (Å²) in [5.74, 6) is 0. The van der Waals surface area contributed by atoms with Gasteiger partial charge in [0.25, 0.3) is 0 Å². The van der Waals surface area contributed by atoms with E-state index in [4.69, 9.17) is 11.6 Å². The van der Waals surface area contributed by atoms with Crippen LogP contribution in [0.15, 0.2) is 57.9 Å². The van der Waals surface area contributed by atoms with Gasteiger partial charge in [-0.05, 0) is 23.9 Å². The molecule has 0 saturated heterocycles. The maximum absolute atomic E-state index is 6.10. The van der Waals surface area contributed by atoms with Crippen LogP contribution in [-0.4, -0.2) is 15.2 Å². The highest BCUT2D eigenvalue weighted by Crippen LogP contribution is 2.37. The Morgan fingerprint density at radius 2 is 1.67 bits per heavy atom. The van der Waals surface area contributed by atoms with Crippen molar-refractivity contribution in [3.05, 3.63) is 53.7 Å². The Morgan fingerprint density at radius 1 is 0.905 bits per heavy atom. The lowest BCUT2D eigenvalue weighted by molar-refractivity contribution is 0.956. The Hall–Kier alpha value is -1.69. The Balaban J connectivity index is 1.82. The minimum atomic E-state index is 0.430. The molecule has 21 heavy (non-hydrogen) atoms. The number of hydrogen-bond donors (Lipinski definition) is 0. The molecule has 0 fully saturated rings. The van der Waals surface area contributed by atoms with E-state index in [0.29, 0.717) is 5.15 Å². The molecule has 0 aliphatic carbocycles. The van der Waals surface area contributed by atoms with E-state index in [1.807, 2.05) is 42.5 Å². The van der Waals surface area contributed by atoms with Crippen molar-refractivity contribution >= 4 is 55.7 Å². The summed E-state index contributed by atoms with van der Waals surface area (Å²) in [5, 5.41) is 11.4. The lowest BCUT2D eigenvalue weighted by atomic mass is 10.2. The first kappa shape index (κ1) is 13.0. The molecule has 0 N–H and O–H groups in total. The molecular formula is C15H8ClN3S2. The molecule has 0 bridgehead atoms. The SMILES string of the molecule is Clc1nnc(Sc2nc3ccccc3s2)c2ccccc12. The van der Waals surface area contributed by atoms with Gasteiger partial charge in [-0.3, -0.25) is 0 Å². The smallest absolute Gasteiger partial charge is 0.159 e. The third kappa shape index (κ3) is 2.37. The van der Waals surface area contributed by atoms with Gasteiger partial charge in [-0.25, -0.2) is 4.98 Å². The van der Waals surface area contributed by atoms with Gasteiger partial charge in [0.2, 0.25) is 0 Å². The molecule has 0 aliphatic heterocycles. The van der Waals surface area contributed by atoms with Crippen molar-refractivity contribution in [3.63, 3.8) is 0 Å². The number of hydrogen-bond acceptors (Lipinski definition) is 5.